The number of likely N-dealkylation sites (tertiary alicyclic amines) is 1. The lowest BCUT2D eigenvalue weighted by molar-refractivity contribution is -0.142. The third-order valence-corrected chi connectivity index (χ3v) is 11.1. The Labute approximate surface area is 283 Å². The monoisotopic (exact) mass is 689 g/mol. The molecule has 266 valence electrons. The predicted octanol–water partition coefficient (Wildman–Crippen LogP) is 2.40. The number of ether oxygens (including phenoxy) is 1. The molecule has 1 saturated heterocycles. The molecule has 2 saturated carbocycles. The molecule has 2 aliphatic carbocycles. The first-order chi connectivity index (χ1) is 22.0. The summed E-state index contributed by atoms with van der Waals surface area (Å²) in [7, 11) is -0.102. The van der Waals surface area contributed by atoms with Gasteiger partial charge in [-0.2, -0.15) is 0 Å². The van der Waals surface area contributed by atoms with E-state index in [1.54, 1.807) is 65.8 Å². The van der Waals surface area contributed by atoms with Gasteiger partial charge in [-0.25, -0.2) is 13.2 Å². The van der Waals surface area contributed by atoms with Crippen molar-refractivity contribution in [3.8, 4) is 0 Å². The summed E-state index contributed by atoms with van der Waals surface area (Å²) in [4.78, 5) is 57.7. The number of carbonyl (C=O) groups excluding carboxylic acids is 4. The number of benzene rings is 1. The number of alkyl carbamates (subject to hydrolysis) is 1. The molecule has 4 amide bonds. The van der Waals surface area contributed by atoms with Crippen LogP contribution in [0.5, 0.6) is 0 Å². The van der Waals surface area contributed by atoms with E-state index in [0.29, 0.717) is 24.8 Å². The lowest BCUT2D eigenvalue weighted by Crippen LogP contribution is -2.58. The zero-order valence-electron chi connectivity index (χ0n) is 29.3. The van der Waals surface area contributed by atoms with Crippen molar-refractivity contribution in [2.45, 2.75) is 95.8 Å². The highest BCUT2D eigenvalue weighted by Gasteiger charge is 2.60. The Kier molecular flexibility index (Phi) is 10.1. The second-order valence-corrected chi connectivity index (χ2v) is 17.7. The summed E-state index contributed by atoms with van der Waals surface area (Å²) >= 11 is 0. The Bertz CT molecular complexity index is 1560. The number of anilines is 1. The number of hydrogen-bond acceptors (Lipinski definition) is 9. The number of carbonyl (C=O) groups is 4. The molecular weight excluding hydrogens is 638 g/mol. The van der Waals surface area contributed by atoms with Crippen LogP contribution in [0.2, 0.25) is 0 Å². The van der Waals surface area contributed by atoms with Gasteiger partial charge in [0.25, 0.3) is 0 Å². The van der Waals surface area contributed by atoms with Gasteiger partial charge in [-0.1, -0.05) is 39.0 Å². The van der Waals surface area contributed by atoms with Gasteiger partial charge in [0.15, 0.2) is 0 Å². The number of β-amino-alcohol motifs (C(OH)–C–C–N with tert-alkyl or cyclic N) is 1. The van der Waals surface area contributed by atoms with E-state index in [-0.39, 0.29) is 25.4 Å². The van der Waals surface area contributed by atoms with Crippen molar-refractivity contribution in [2.75, 3.05) is 32.1 Å². The fraction of sp³-hybridized carbons (Fsp3) is 0.647. The second-order valence-electron chi connectivity index (χ2n) is 15.7. The fourth-order valence-corrected chi connectivity index (χ4v) is 7.50. The molecule has 1 aromatic rings. The van der Waals surface area contributed by atoms with Crippen LogP contribution < -0.4 is 20.3 Å². The molecule has 0 spiro atoms. The summed E-state index contributed by atoms with van der Waals surface area (Å²) in [5, 5.41) is 16.9. The largest absolute Gasteiger partial charge is 0.444 e. The van der Waals surface area contributed by atoms with Gasteiger partial charge in [-0.05, 0) is 69.1 Å². The molecule has 3 aliphatic rings. The third-order valence-electron chi connectivity index (χ3n) is 9.25. The molecule has 0 bridgehead atoms. The van der Waals surface area contributed by atoms with Crippen molar-refractivity contribution < 1.29 is 37.4 Å². The molecule has 1 aromatic carbocycles. The molecular formula is C34H51N5O8S. The van der Waals surface area contributed by atoms with Gasteiger partial charge in [-0.3, -0.25) is 19.1 Å². The highest BCUT2D eigenvalue weighted by molar-refractivity contribution is 7.90. The Hall–Kier alpha value is -3.65. The van der Waals surface area contributed by atoms with Gasteiger partial charge in [0, 0.05) is 32.7 Å². The van der Waals surface area contributed by atoms with Crippen molar-refractivity contribution in [3.63, 3.8) is 0 Å². The first kappa shape index (κ1) is 37.2. The van der Waals surface area contributed by atoms with Gasteiger partial charge in [0.1, 0.15) is 23.3 Å². The van der Waals surface area contributed by atoms with E-state index in [1.807, 2.05) is 25.1 Å². The van der Waals surface area contributed by atoms with Crippen LogP contribution in [0, 0.1) is 16.7 Å². The van der Waals surface area contributed by atoms with E-state index >= 15 is 0 Å². The average Bonchev–Trinajstić information content (AvgIpc) is 3.89. The Balaban J connectivity index is 1.63. The number of nitrogens with zero attached hydrogens (tertiary/aromatic N) is 2. The molecule has 14 heteroatoms. The lowest BCUT2D eigenvalue weighted by atomic mass is 9.85. The maximum absolute atomic E-state index is 14.4. The summed E-state index contributed by atoms with van der Waals surface area (Å²) in [6.45, 7) is 13.7. The summed E-state index contributed by atoms with van der Waals surface area (Å²) in [5.74, 6) is -2.28. The van der Waals surface area contributed by atoms with Gasteiger partial charge in [0.05, 0.1) is 17.2 Å². The van der Waals surface area contributed by atoms with Gasteiger partial charge < -0.3 is 30.3 Å². The molecule has 4 N–H and O–H groups in total. The highest BCUT2D eigenvalue weighted by atomic mass is 32.2. The number of aliphatic hydroxyl groups is 1. The van der Waals surface area contributed by atoms with Crippen LogP contribution in [0.1, 0.15) is 72.8 Å². The molecule has 0 unspecified atom stereocenters. The van der Waals surface area contributed by atoms with Crippen LogP contribution in [0.15, 0.2) is 36.9 Å². The number of allylic oxidation sites excluding steroid dienone is 1. The van der Waals surface area contributed by atoms with Crippen LogP contribution in [-0.4, -0.2) is 92.4 Å². The molecule has 48 heavy (non-hydrogen) atoms. The maximum Gasteiger partial charge on any atom is 0.408 e. The normalized spacial score (nSPS) is 26.2. The smallest absolute Gasteiger partial charge is 0.408 e. The van der Waals surface area contributed by atoms with Crippen LogP contribution in [0.3, 0.4) is 0 Å². The minimum atomic E-state index is -3.82. The number of hydrogen-bond donors (Lipinski definition) is 4. The minimum Gasteiger partial charge on any atom is -0.444 e. The maximum atomic E-state index is 14.4. The Morgan fingerprint density at radius 2 is 1.77 bits per heavy atom. The van der Waals surface area contributed by atoms with Gasteiger partial charge in [-0.15, -0.1) is 6.58 Å². The zero-order valence-corrected chi connectivity index (χ0v) is 30.1. The first-order valence-corrected chi connectivity index (χ1v) is 17.8. The van der Waals surface area contributed by atoms with Crippen LogP contribution >= 0.6 is 0 Å². The summed E-state index contributed by atoms with van der Waals surface area (Å²) in [6, 6.07) is 4.86. The highest BCUT2D eigenvalue weighted by Crippen LogP contribution is 2.53. The number of sulfonamides is 1. The lowest BCUT2D eigenvalue weighted by Gasteiger charge is -2.36. The molecule has 5 atom stereocenters. The molecule has 13 nitrogen and oxygen atoms in total. The van der Waals surface area contributed by atoms with Crippen molar-refractivity contribution in [1.29, 1.82) is 0 Å². The van der Waals surface area contributed by atoms with E-state index in [9.17, 15) is 32.7 Å². The quantitative estimate of drug-likeness (QED) is 0.255. The van der Waals surface area contributed by atoms with E-state index in [1.165, 1.54) is 4.90 Å². The standard InChI is InChI=1S/C34H51N5O8S/c1-10-21-17-33(21,29(42)37-48(45,46)24-14-15-24)19-35-27(40)25-18-34(44,22-12-11-13-23(16-22)38(8)9)20-39(25)28(41)26(31(2,3)4)36-30(43)47-32(5,6)7/h10-13,16,21,24-26,44H,1,14-15,17-20H2,2-9H3,(H,35,40)(H,36,43)(H,37,42)/t21-,25+,26-,33-,34+/m1/s1. The van der Waals surface area contributed by atoms with Gasteiger partial charge in [0.2, 0.25) is 27.7 Å². The van der Waals surface area contributed by atoms with Crippen molar-refractivity contribution >= 4 is 39.5 Å². The molecule has 0 aromatic heterocycles. The van der Waals surface area contributed by atoms with Crippen LogP contribution in [0.4, 0.5) is 10.5 Å². The van der Waals surface area contributed by atoms with E-state index in [4.69, 9.17) is 4.74 Å². The second kappa shape index (κ2) is 13.0. The molecule has 1 aliphatic heterocycles. The topological polar surface area (TPSA) is 174 Å². The van der Waals surface area contributed by atoms with E-state index in [0.717, 1.165) is 5.69 Å². The molecule has 0 radical (unpaired) electrons. The van der Waals surface area contributed by atoms with E-state index in [2.05, 4.69) is 21.9 Å². The summed E-state index contributed by atoms with van der Waals surface area (Å²) in [6.07, 6.45) is 1.87. The SMILES string of the molecule is C=C[C@@H]1C[C@]1(CNC(=O)[C@@H]1C[C@@](O)(c2cccc(N(C)C)c2)CN1C(=O)[C@@H](NC(=O)OC(C)(C)C)C(C)(C)C)C(=O)NS(=O)(=O)C1CC1. The van der Waals surface area contributed by atoms with Gasteiger partial charge >= 0.3 is 6.09 Å². The van der Waals surface area contributed by atoms with Crippen molar-refractivity contribution in [3.05, 3.63) is 42.5 Å². The predicted molar refractivity (Wildman–Crippen MR) is 181 cm³/mol. The number of nitrogens with one attached hydrogen (secondary N) is 3. The number of amides is 4. The number of rotatable bonds is 11. The zero-order chi connectivity index (χ0) is 36.0. The summed E-state index contributed by atoms with van der Waals surface area (Å²) in [5.41, 5.74) is -3.17. The molecule has 3 fully saturated rings. The van der Waals surface area contributed by atoms with Crippen molar-refractivity contribution in [2.24, 2.45) is 16.7 Å². The Morgan fingerprint density at radius 1 is 1.12 bits per heavy atom. The average molecular weight is 690 g/mol. The van der Waals surface area contributed by atoms with Crippen molar-refractivity contribution in [1.82, 2.24) is 20.3 Å². The van der Waals surface area contributed by atoms with Crippen LogP contribution in [0.25, 0.3) is 0 Å². The molecule has 1 heterocycles. The Morgan fingerprint density at radius 3 is 2.29 bits per heavy atom. The minimum absolute atomic E-state index is 0.162. The fourth-order valence-electron chi connectivity index (χ4n) is 6.12. The third kappa shape index (κ3) is 8.13. The van der Waals surface area contributed by atoms with E-state index < -0.39 is 73.2 Å². The summed E-state index contributed by atoms with van der Waals surface area (Å²) < 4.78 is 32.7. The molecule has 4 rings (SSSR count). The van der Waals surface area contributed by atoms with Crippen LogP contribution in [-0.2, 0) is 34.7 Å². The first-order valence-electron chi connectivity index (χ1n) is 16.3.